The lowest BCUT2D eigenvalue weighted by atomic mass is 9.85. The fraction of sp³-hybridized carbons (Fsp3) is 0.647. The minimum atomic E-state index is -0.393. The standard InChI is InChI=1S/C17H26O3/c1-2-20-17(11-13-19-14-12-17)16(18)10-6-9-15-7-4-3-5-8-15/h3-5,7-8,16,18H,2,6,9-14H2,1H3. The van der Waals surface area contributed by atoms with Crippen molar-refractivity contribution in [3.63, 3.8) is 0 Å². The van der Waals surface area contributed by atoms with E-state index in [0.717, 1.165) is 32.1 Å². The van der Waals surface area contributed by atoms with Crippen LogP contribution < -0.4 is 0 Å². The molecular formula is C17H26O3. The molecule has 1 heterocycles. The smallest absolute Gasteiger partial charge is 0.0983 e. The molecule has 1 aromatic carbocycles. The van der Waals surface area contributed by atoms with Crippen molar-refractivity contribution < 1.29 is 14.6 Å². The topological polar surface area (TPSA) is 38.7 Å². The summed E-state index contributed by atoms with van der Waals surface area (Å²) in [7, 11) is 0. The summed E-state index contributed by atoms with van der Waals surface area (Å²) in [5.74, 6) is 0. The Morgan fingerprint density at radius 2 is 1.95 bits per heavy atom. The Morgan fingerprint density at radius 1 is 1.25 bits per heavy atom. The molecule has 0 radical (unpaired) electrons. The molecule has 2 rings (SSSR count). The van der Waals surface area contributed by atoms with Crippen molar-refractivity contribution >= 4 is 0 Å². The number of aryl methyl sites for hydroxylation is 1. The Kier molecular flexibility index (Phi) is 6.02. The van der Waals surface area contributed by atoms with Crippen molar-refractivity contribution in [2.24, 2.45) is 0 Å². The summed E-state index contributed by atoms with van der Waals surface area (Å²) in [6, 6.07) is 10.4. The molecule has 3 nitrogen and oxygen atoms in total. The average Bonchev–Trinajstić information content (AvgIpc) is 2.49. The van der Waals surface area contributed by atoms with Crippen molar-refractivity contribution in [2.45, 2.75) is 50.7 Å². The van der Waals surface area contributed by atoms with Crippen LogP contribution in [0.4, 0.5) is 0 Å². The third-order valence-corrected chi connectivity index (χ3v) is 4.16. The lowest BCUT2D eigenvalue weighted by molar-refractivity contribution is -0.167. The van der Waals surface area contributed by atoms with Gasteiger partial charge < -0.3 is 14.6 Å². The Bertz CT molecular complexity index is 366. The summed E-state index contributed by atoms with van der Waals surface area (Å²) in [6.07, 6.45) is 3.99. The Balaban J connectivity index is 1.83. The number of hydrogen-bond acceptors (Lipinski definition) is 3. The molecule has 0 amide bonds. The summed E-state index contributed by atoms with van der Waals surface area (Å²) in [6.45, 7) is 4.02. The van der Waals surface area contributed by atoms with Crippen LogP contribution in [0.25, 0.3) is 0 Å². The van der Waals surface area contributed by atoms with Crippen LogP contribution in [0.3, 0.4) is 0 Å². The van der Waals surface area contributed by atoms with Gasteiger partial charge in [0, 0.05) is 32.7 Å². The number of aliphatic hydroxyl groups excluding tert-OH is 1. The number of benzene rings is 1. The van der Waals surface area contributed by atoms with Crippen molar-refractivity contribution in [1.82, 2.24) is 0 Å². The highest BCUT2D eigenvalue weighted by atomic mass is 16.5. The predicted molar refractivity (Wildman–Crippen MR) is 79.8 cm³/mol. The van der Waals surface area contributed by atoms with Gasteiger partial charge in [-0.25, -0.2) is 0 Å². The quantitative estimate of drug-likeness (QED) is 0.833. The molecule has 0 saturated carbocycles. The largest absolute Gasteiger partial charge is 0.390 e. The van der Waals surface area contributed by atoms with Gasteiger partial charge in [0.15, 0.2) is 0 Å². The van der Waals surface area contributed by atoms with E-state index in [9.17, 15) is 5.11 Å². The molecule has 0 spiro atoms. The minimum absolute atomic E-state index is 0.385. The van der Waals surface area contributed by atoms with Gasteiger partial charge in [0.1, 0.15) is 0 Å². The van der Waals surface area contributed by atoms with E-state index >= 15 is 0 Å². The molecular weight excluding hydrogens is 252 g/mol. The van der Waals surface area contributed by atoms with Crippen molar-refractivity contribution in [2.75, 3.05) is 19.8 Å². The summed E-state index contributed by atoms with van der Waals surface area (Å²) in [4.78, 5) is 0. The van der Waals surface area contributed by atoms with Gasteiger partial charge >= 0.3 is 0 Å². The zero-order valence-electron chi connectivity index (χ0n) is 12.4. The fourth-order valence-corrected chi connectivity index (χ4v) is 2.99. The second-order valence-corrected chi connectivity index (χ2v) is 5.50. The Hall–Kier alpha value is -0.900. The van der Waals surface area contributed by atoms with E-state index in [1.54, 1.807) is 0 Å². The molecule has 1 aliphatic rings. The van der Waals surface area contributed by atoms with Crippen molar-refractivity contribution in [1.29, 1.82) is 0 Å². The van der Waals surface area contributed by atoms with Gasteiger partial charge in [-0.2, -0.15) is 0 Å². The number of hydrogen-bond donors (Lipinski definition) is 1. The highest BCUT2D eigenvalue weighted by Crippen LogP contribution is 2.31. The first-order valence-electron chi connectivity index (χ1n) is 7.70. The summed E-state index contributed by atoms with van der Waals surface area (Å²) in [5, 5.41) is 10.6. The van der Waals surface area contributed by atoms with Gasteiger partial charge in [-0.05, 0) is 31.7 Å². The van der Waals surface area contributed by atoms with Gasteiger partial charge in [0.05, 0.1) is 11.7 Å². The number of ether oxygens (including phenoxy) is 2. The molecule has 1 N–H and O–H groups in total. The third kappa shape index (κ3) is 4.05. The molecule has 3 heteroatoms. The van der Waals surface area contributed by atoms with Crippen LogP contribution in [0.2, 0.25) is 0 Å². The van der Waals surface area contributed by atoms with Crippen LogP contribution in [0.15, 0.2) is 30.3 Å². The lowest BCUT2D eigenvalue weighted by Crippen LogP contribution is -2.49. The average molecular weight is 278 g/mol. The second-order valence-electron chi connectivity index (χ2n) is 5.50. The molecule has 0 bridgehead atoms. The van der Waals surface area contributed by atoms with Gasteiger partial charge in [0.25, 0.3) is 0 Å². The summed E-state index contributed by atoms with van der Waals surface area (Å²) < 4.78 is 11.3. The first-order chi connectivity index (χ1) is 9.77. The highest BCUT2D eigenvalue weighted by Gasteiger charge is 2.39. The molecule has 0 aromatic heterocycles. The van der Waals surface area contributed by atoms with Gasteiger partial charge in [-0.15, -0.1) is 0 Å². The SMILES string of the molecule is CCOC1(C(O)CCCc2ccccc2)CCOCC1. The van der Waals surface area contributed by atoms with E-state index in [1.807, 2.05) is 13.0 Å². The maximum Gasteiger partial charge on any atom is 0.0983 e. The zero-order chi connectivity index (χ0) is 14.3. The molecule has 1 atom stereocenters. The van der Waals surface area contributed by atoms with Crippen LogP contribution in [-0.2, 0) is 15.9 Å². The first-order valence-corrected chi connectivity index (χ1v) is 7.70. The van der Waals surface area contributed by atoms with Gasteiger partial charge in [-0.3, -0.25) is 0 Å². The molecule has 1 saturated heterocycles. The molecule has 1 aliphatic heterocycles. The second kappa shape index (κ2) is 7.77. The molecule has 1 unspecified atom stereocenters. The first kappa shape index (κ1) is 15.5. The van der Waals surface area contributed by atoms with Crippen LogP contribution >= 0.6 is 0 Å². The molecule has 1 aromatic rings. The van der Waals surface area contributed by atoms with E-state index in [-0.39, 0.29) is 5.60 Å². The van der Waals surface area contributed by atoms with Crippen molar-refractivity contribution in [3.05, 3.63) is 35.9 Å². The molecule has 20 heavy (non-hydrogen) atoms. The van der Waals surface area contributed by atoms with Gasteiger partial charge in [0.2, 0.25) is 0 Å². The van der Waals surface area contributed by atoms with E-state index in [1.165, 1.54) is 5.56 Å². The van der Waals surface area contributed by atoms with Crippen LogP contribution in [0.1, 0.15) is 38.2 Å². The summed E-state index contributed by atoms with van der Waals surface area (Å²) in [5.41, 5.74) is 0.945. The van der Waals surface area contributed by atoms with Crippen LogP contribution in [0, 0.1) is 0 Å². The molecule has 1 fully saturated rings. The van der Waals surface area contributed by atoms with E-state index in [4.69, 9.17) is 9.47 Å². The zero-order valence-corrected chi connectivity index (χ0v) is 12.4. The fourth-order valence-electron chi connectivity index (χ4n) is 2.99. The predicted octanol–water partition coefficient (Wildman–Crippen LogP) is 2.96. The maximum atomic E-state index is 10.6. The van der Waals surface area contributed by atoms with Gasteiger partial charge in [-0.1, -0.05) is 30.3 Å². The van der Waals surface area contributed by atoms with E-state index in [0.29, 0.717) is 19.8 Å². The maximum absolute atomic E-state index is 10.6. The molecule has 0 aliphatic carbocycles. The van der Waals surface area contributed by atoms with E-state index < -0.39 is 6.10 Å². The normalized spacial score (nSPS) is 19.7. The van der Waals surface area contributed by atoms with Crippen LogP contribution in [-0.4, -0.2) is 36.6 Å². The monoisotopic (exact) mass is 278 g/mol. The lowest BCUT2D eigenvalue weighted by Gasteiger charge is -2.40. The van der Waals surface area contributed by atoms with Crippen LogP contribution in [0.5, 0.6) is 0 Å². The summed E-state index contributed by atoms with van der Waals surface area (Å²) >= 11 is 0. The third-order valence-electron chi connectivity index (χ3n) is 4.16. The molecule has 112 valence electrons. The number of rotatable bonds is 7. The number of aliphatic hydroxyl groups is 1. The highest BCUT2D eigenvalue weighted by molar-refractivity contribution is 5.14. The Labute approximate surface area is 121 Å². The minimum Gasteiger partial charge on any atom is -0.390 e. The Morgan fingerprint density at radius 3 is 2.60 bits per heavy atom. The van der Waals surface area contributed by atoms with Crippen molar-refractivity contribution in [3.8, 4) is 0 Å². The van der Waals surface area contributed by atoms with E-state index in [2.05, 4.69) is 24.3 Å².